The summed E-state index contributed by atoms with van der Waals surface area (Å²) in [5.41, 5.74) is -0.414. The lowest BCUT2D eigenvalue weighted by molar-refractivity contribution is -0.280. The second-order valence-electron chi connectivity index (χ2n) is 10.9. The Balaban J connectivity index is 1.35. The van der Waals surface area contributed by atoms with Crippen molar-refractivity contribution in [3.05, 3.63) is 82.3 Å². The molecule has 1 fully saturated rings. The van der Waals surface area contributed by atoms with Crippen LogP contribution in [-0.2, 0) is 46.1 Å². The lowest BCUT2D eigenvalue weighted by Crippen LogP contribution is -2.62. The first-order valence-electron chi connectivity index (χ1n) is 14.3. The van der Waals surface area contributed by atoms with E-state index in [1.54, 1.807) is 19.1 Å². The predicted molar refractivity (Wildman–Crippen MR) is 163 cm³/mol. The fourth-order valence-electron chi connectivity index (χ4n) is 4.93. The Bertz CT molecular complexity index is 1760. The predicted octanol–water partition coefficient (Wildman–Crippen LogP) is 4.00. The molecule has 14 nitrogen and oxygen atoms in total. The third-order valence-corrected chi connectivity index (χ3v) is 8.66. The molecular formula is C30H32ClF2N3O11S. The smallest absolute Gasteiger partial charge is 0.413 e. The number of nitrogens with zero attached hydrogens (tertiary/aromatic N) is 1. The number of carbonyl (C=O) groups is 3. The van der Waals surface area contributed by atoms with E-state index in [1.165, 1.54) is 26.2 Å². The molecule has 18 heteroatoms. The topological polar surface area (TPSA) is 197 Å². The maximum Gasteiger partial charge on any atom is 0.413 e. The molecule has 0 saturated carbocycles. The van der Waals surface area contributed by atoms with Crippen molar-refractivity contribution in [3.63, 3.8) is 0 Å². The molecule has 0 radical (unpaired) electrons. The van der Waals surface area contributed by atoms with E-state index >= 15 is 0 Å². The summed E-state index contributed by atoms with van der Waals surface area (Å²) in [6.45, 7) is 3.35. The van der Waals surface area contributed by atoms with Crippen molar-refractivity contribution >= 4 is 45.3 Å². The number of hydrogen-bond acceptors (Lipinski definition) is 12. The molecule has 4 atom stereocenters. The number of benzene rings is 2. The Morgan fingerprint density at radius 1 is 1.17 bits per heavy atom. The van der Waals surface area contributed by atoms with Gasteiger partial charge in [-0.3, -0.25) is 9.69 Å². The van der Waals surface area contributed by atoms with Crippen LogP contribution in [0.25, 0.3) is 0 Å². The van der Waals surface area contributed by atoms with Crippen molar-refractivity contribution < 1.29 is 60.1 Å². The molecule has 1 aromatic heterocycles. The Morgan fingerprint density at radius 2 is 1.85 bits per heavy atom. The third-order valence-electron chi connectivity index (χ3n) is 7.29. The molecule has 0 bridgehead atoms. The minimum absolute atomic E-state index is 0.0940. The fraction of sp³-hybridized carbons (Fsp3) is 0.367. The highest BCUT2D eigenvalue weighted by Crippen LogP contribution is 2.36. The quantitative estimate of drug-likeness (QED) is 0.191. The van der Waals surface area contributed by atoms with Crippen LogP contribution in [0.3, 0.4) is 0 Å². The Kier molecular flexibility index (Phi) is 11.3. The number of amides is 1. The van der Waals surface area contributed by atoms with Crippen molar-refractivity contribution in [1.29, 1.82) is 0 Å². The summed E-state index contributed by atoms with van der Waals surface area (Å²) >= 11 is 6.09. The number of morpholine rings is 1. The maximum absolute atomic E-state index is 13.8. The second kappa shape index (κ2) is 14.9. The maximum atomic E-state index is 13.8. The lowest BCUT2D eigenvalue weighted by Gasteiger charge is -2.47. The second-order valence-corrected chi connectivity index (χ2v) is 12.8. The molecule has 4 rings (SSSR count). The highest BCUT2D eigenvalue weighted by Gasteiger charge is 2.49. The molecule has 260 valence electrons. The number of hydrogen-bond donors (Lipinski definition) is 3. The van der Waals surface area contributed by atoms with E-state index in [-0.39, 0.29) is 35.0 Å². The average Bonchev–Trinajstić information content (AvgIpc) is 3.51. The first-order valence-corrected chi connectivity index (χ1v) is 16.2. The summed E-state index contributed by atoms with van der Waals surface area (Å²) < 4.78 is 77.8. The normalized spacial score (nSPS) is 20.1. The summed E-state index contributed by atoms with van der Waals surface area (Å²) in [5.74, 6) is -5.66. The van der Waals surface area contributed by atoms with Crippen LogP contribution in [0.5, 0.6) is 0 Å². The van der Waals surface area contributed by atoms with Crippen molar-refractivity contribution in [2.24, 2.45) is 5.14 Å². The van der Waals surface area contributed by atoms with E-state index < -0.39 is 81.8 Å². The number of ether oxygens (including phenoxy) is 4. The van der Waals surface area contributed by atoms with Gasteiger partial charge in [-0.1, -0.05) is 11.6 Å². The standard InChI is InChI=1S/C30H32ClF2N3O11S/c1-16-14-46-30(40,19-8-20(32)10-21(33)9-19)18(3)36(16)29(39)45-15-44-27(37)7-17(2)47-28(38)23-11-26(48(34,41)42)24(31)12-25(23)35-13-22-5-4-6-43-22/h4-6,8-12,16-18,35,40H,7,13-15H2,1-3H3,(H2,34,41,42)/t16-,17?,18-,30+/m1/s1. The SMILES string of the molecule is CC(CC(=O)OCOC(=O)N1[C@H](C)CO[C@](O)(c2cc(F)cc(F)c2)[C@H]1C)OC(=O)c1cc(S(N)(=O)=O)c(Cl)cc1NCc1ccco1. The molecule has 0 aliphatic carbocycles. The molecule has 1 saturated heterocycles. The van der Waals surface area contributed by atoms with Crippen molar-refractivity contribution in [3.8, 4) is 0 Å². The molecule has 3 aromatic rings. The van der Waals surface area contributed by atoms with Gasteiger partial charge in [0.2, 0.25) is 22.6 Å². The molecule has 1 aliphatic heterocycles. The molecular weight excluding hydrogens is 684 g/mol. The number of aliphatic hydroxyl groups is 1. The summed E-state index contributed by atoms with van der Waals surface area (Å²) in [4.78, 5) is 39.0. The number of anilines is 1. The largest absolute Gasteiger partial charge is 0.467 e. The molecule has 1 unspecified atom stereocenters. The Hall–Kier alpha value is -4.29. The van der Waals surface area contributed by atoms with Gasteiger partial charge in [0.05, 0.1) is 54.2 Å². The minimum Gasteiger partial charge on any atom is -0.467 e. The number of carbonyl (C=O) groups excluding carboxylic acids is 3. The van der Waals surface area contributed by atoms with Crippen LogP contribution in [0.1, 0.15) is 48.9 Å². The van der Waals surface area contributed by atoms with Gasteiger partial charge < -0.3 is 33.8 Å². The number of rotatable bonds is 11. The molecule has 4 N–H and O–H groups in total. The molecule has 48 heavy (non-hydrogen) atoms. The van der Waals surface area contributed by atoms with Gasteiger partial charge >= 0.3 is 18.0 Å². The van der Waals surface area contributed by atoms with Crippen LogP contribution in [0.2, 0.25) is 5.02 Å². The van der Waals surface area contributed by atoms with E-state index in [0.29, 0.717) is 11.8 Å². The van der Waals surface area contributed by atoms with E-state index in [2.05, 4.69) is 5.32 Å². The van der Waals surface area contributed by atoms with Crippen molar-refractivity contribution in [2.45, 2.75) is 62.6 Å². The van der Waals surface area contributed by atoms with Crippen LogP contribution >= 0.6 is 11.6 Å². The summed E-state index contributed by atoms with van der Waals surface area (Å²) in [6, 6.07) is 5.95. The summed E-state index contributed by atoms with van der Waals surface area (Å²) in [5, 5.41) is 19.0. The van der Waals surface area contributed by atoms with Crippen LogP contribution in [0.4, 0.5) is 19.3 Å². The highest BCUT2D eigenvalue weighted by molar-refractivity contribution is 7.89. The van der Waals surface area contributed by atoms with Crippen LogP contribution < -0.4 is 10.5 Å². The van der Waals surface area contributed by atoms with Gasteiger partial charge in [0.15, 0.2) is 0 Å². The zero-order valence-electron chi connectivity index (χ0n) is 25.8. The molecule has 0 spiro atoms. The molecule has 2 aromatic carbocycles. The van der Waals surface area contributed by atoms with Crippen molar-refractivity contribution in [2.75, 3.05) is 18.7 Å². The number of nitrogens with two attached hydrogens (primary N) is 1. The first-order chi connectivity index (χ1) is 22.5. The molecule has 2 heterocycles. The van der Waals surface area contributed by atoms with E-state index in [1.807, 2.05) is 0 Å². The Labute approximate surface area is 278 Å². The number of esters is 2. The van der Waals surface area contributed by atoms with Gasteiger partial charge in [0.1, 0.15) is 28.4 Å². The summed E-state index contributed by atoms with van der Waals surface area (Å²) in [6.07, 6.45) is -1.19. The van der Waals surface area contributed by atoms with Gasteiger partial charge in [-0.2, -0.15) is 0 Å². The van der Waals surface area contributed by atoms with Crippen LogP contribution in [0, 0.1) is 11.6 Å². The third kappa shape index (κ3) is 8.59. The monoisotopic (exact) mass is 715 g/mol. The first kappa shape index (κ1) is 36.5. The summed E-state index contributed by atoms with van der Waals surface area (Å²) in [7, 11) is -4.32. The number of nitrogens with one attached hydrogen (secondary N) is 1. The number of primary sulfonamides is 1. The molecule has 1 aliphatic rings. The number of halogens is 3. The van der Waals surface area contributed by atoms with Gasteiger partial charge in [-0.05, 0) is 57.2 Å². The van der Waals surface area contributed by atoms with Gasteiger partial charge in [-0.15, -0.1) is 0 Å². The van der Waals surface area contributed by atoms with E-state index in [0.717, 1.165) is 23.1 Å². The molecule has 1 amide bonds. The van der Waals surface area contributed by atoms with E-state index in [9.17, 15) is 36.7 Å². The van der Waals surface area contributed by atoms with Gasteiger partial charge in [0, 0.05) is 11.6 Å². The average molecular weight is 716 g/mol. The number of sulfonamides is 1. The highest BCUT2D eigenvalue weighted by atomic mass is 35.5. The minimum atomic E-state index is -4.32. The number of furan rings is 1. The van der Waals surface area contributed by atoms with Crippen LogP contribution in [0.15, 0.2) is 58.0 Å². The fourth-order valence-corrected chi connectivity index (χ4v) is 6.02. The Morgan fingerprint density at radius 3 is 2.48 bits per heavy atom. The van der Waals surface area contributed by atoms with Gasteiger partial charge in [-0.25, -0.2) is 31.9 Å². The van der Waals surface area contributed by atoms with Gasteiger partial charge in [0.25, 0.3) is 0 Å². The zero-order valence-corrected chi connectivity index (χ0v) is 27.3. The zero-order chi connectivity index (χ0) is 35.4. The van der Waals surface area contributed by atoms with E-state index in [4.69, 9.17) is 40.1 Å². The van der Waals surface area contributed by atoms with Crippen LogP contribution in [-0.4, -0.2) is 68.0 Å². The van der Waals surface area contributed by atoms with Crippen molar-refractivity contribution in [1.82, 2.24) is 4.90 Å². The lowest BCUT2D eigenvalue weighted by atomic mass is 9.94.